The van der Waals surface area contributed by atoms with E-state index in [-0.39, 0.29) is 18.1 Å². The Morgan fingerprint density at radius 1 is 1.42 bits per heavy atom. The summed E-state index contributed by atoms with van der Waals surface area (Å²) < 4.78 is 10.5. The second-order valence-corrected chi connectivity index (χ2v) is 4.98. The van der Waals surface area contributed by atoms with Gasteiger partial charge < -0.3 is 20.5 Å². The molecule has 0 bridgehead atoms. The zero-order valence-electron chi connectivity index (χ0n) is 11.9. The number of nitrogens with one attached hydrogen (secondary N) is 1. The number of benzene rings is 1. The van der Waals surface area contributed by atoms with E-state index >= 15 is 0 Å². The Morgan fingerprint density at radius 3 is 2.68 bits per heavy atom. The van der Waals surface area contributed by atoms with Crippen LogP contribution in [0.3, 0.4) is 0 Å². The lowest BCUT2D eigenvalue weighted by molar-refractivity contribution is -0.124. The second-order valence-electron chi connectivity index (χ2n) is 4.98. The minimum absolute atomic E-state index is 0.0687. The molecule has 3 N–H and O–H groups in total. The van der Waals surface area contributed by atoms with Gasteiger partial charge in [-0.15, -0.1) is 0 Å². The Labute approximate surface area is 114 Å². The standard InChI is InChI=1S/C14H22N2O3/c1-5-14(2,3)16-13(17)9-19-12-8-10(18-4)6-7-11(12)15/h6-8H,5,9,15H2,1-4H3,(H,16,17). The van der Waals surface area contributed by atoms with E-state index in [1.54, 1.807) is 25.3 Å². The SMILES string of the molecule is CCC(C)(C)NC(=O)COc1cc(OC)ccc1N. The van der Waals surface area contributed by atoms with Crippen molar-refractivity contribution in [3.8, 4) is 11.5 Å². The average molecular weight is 266 g/mol. The monoisotopic (exact) mass is 266 g/mol. The fourth-order valence-corrected chi connectivity index (χ4v) is 1.41. The third-order valence-corrected chi connectivity index (χ3v) is 2.94. The van der Waals surface area contributed by atoms with Crippen molar-refractivity contribution in [1.29, 1.82) is 0 Å². The Morgan fingerprint density at radius 2 is 2.11 bits per heavy atom. The van der Waals surface area contributed by atoms with Crippen LogP contribution < -0.4 is 20.5 Å². The van der Waals surface area contributed by atoms with Crippen molar-refractivity contribution in [2.24, 2.45) is 0 Å². The first-order chi connectivity index (χ1) is 8.88. The van der Waals surface area contributed by atoms with E-state index in [9.17, 15) is 4.79 Å². The molecule has 0 aliphatic rings. The maximum atomic E-state index is 11.7. The molecule has 0 atom stereocenters. The molecule has 5 heteroatoms. The first-order valence-corrected chi connectivity index (χ1v) is 6.25. The lowest BCUT2D eigenvalue weighted by Crippen LogP contribution is -2.44. The molecule has 0 aliphatic carbocycles. The molecular weight excluding hydrogens is 244 g/mol. The molecule has 1 amide bonds. The van der Waals surface area contributed by atoms with Gasteiger partial charge in [0.1, 0.15) is 11.5 Å². The quantitative estimate of drug-likeness (QED) is 0.772. The van der Waals surface area contributed by atoms with E-state index in [4.69, 9.17) is 15.2 Å². The van der Waals surface area contributed by atoms with Crippen LogP contribution in [-0.2, 0) is 4.79 Å². The van der Waals surface area contributed by atoms with Gasteiger partial charge in [0.15, 0.2) is 6.61 Å². The van der Waals surface area contributed by atoms with Gasteiger partial charge in [0, 0.05) is 11.6 Å². The molecule has 1 rings (SSSR count). The van der Waals surface area contributed by atoms with E-state index in [0.29, 0.717) is 17.2 Å². The minimum atomic E-state index is -0.236. The second kappa shape index (κ2) is 6.31. The third kappa shape index (κ3) is 4.69. The Kier molecular flexibility index (Phi) is 5.03. The number of nitrogens with two attached hydrogens (primary N) is 1. The summed E-state index contributed by atoms with van der Waals surface area (Å²) in [7, 11) is 1.56. The molecule has 0 spiro atoms. The Balaban J connectivity index is 2.59. The first-order valence-electron chi connectivity index (χ1n) is 6.25. The fourth-order valence-electron chi connectivity index (χ4n) is 1.41. The largest absolute Gasteiger partial charge is 0.497 e. The topological polar surface area (TPSA) is 73.6 Å². The maximum Gasteiger partial charge on any atom is 0.258 e. The Bertz CT molecular complexity index is 444. The number of carbonyl (C=O) groups is 1. The summed E-state index contributed by atoms with van der Waals surface area (Å²) in [4.78, 5) is 11.7. The van der Waals surface area contributed by atoms with Gasteiger partial charge >= 0.3 is 0 Å². The van der Waals surface area contributed by atoms with Crippen LogP contribution in [0.1, 0.15) is 27.2 Å². The van der Waals surface area contributed by atoms with Crippen LogP contribution in [0.5, 0.6) is 11.5 Å². The summed E-state index contributed by atoms with van der Waals surface area (Å²) in [5.74, 6) is 0.913. The number of nitrogen functional groups attached to an aromatic ring is 1. The van der Waals surface area contributed by atoms with Crippen LogP contribution in [-0.4, -0.2) is 25.2 Å². The molecule has 1 aromatic rings. The number of anilines is 1. The molecule has 0 saturated heterocycles. The first kappa shape index (κ1) is 15.1. The number of hydrogen-bond donors (Lipinski definition) is 2. The van der Waals surface area contributed by atoms with Crippen molar-refractivity contribution in [2.75, 3.05) is 19.5 Å². The van der Waals surface area contributed by atoms with Gasteiger partial charge in [0.2, 0.25) is 0 Å². The van der Waals surface area contributed by atoms with Crippen LogP contribution in [0, 0.1) is 0 Å². The van der Waals surface area contributed by atoms with Crippen LogP contribution in [0.25, 0.3) is 0 Å². The number of hydrogen-bond acceptors (Lipinski definition) is 4. The summed E-state index contributed by atoms with van der Waals surface area (Å²) in [5.41, 5.74) is 6.01. The zero-order valence-corrected chi connectivity index (χ0v) is 11.9. The normalized spacial score (nSPS) is 10.9. The highest BCUT2D eigenvalue weighted by Crippen LogP contribution is 2.26. The van der Waals surface area contributed by atoms with Gasteiger partial charge in [0.25, 0.3) is 5.91 Å². The molecule has 0 fully saturated rings. The molecule has 1 aromatic carbocycles. The number of rotatable bonds is 6. The van der Waals surface area contributed by atoms with Gasteiger partial charge in [-0.1, -0.05) is 6.92 Å². The minimum Gasteiger partial charge on any atom is -0.497 e. The number of methoxy groups -OCH3 is 1. The maximum absolute atomic E-state index is 11.7. The summed E-state index contributed by atoms with van der Waals surface area (Å²) in [6.07, 6.45) is 0.847. The molecule has 106 valence electrons. The summed E-state index contributed by atoms with van der Waals surface area (Å²) in [6, 6.07) is 5.08. The molecular formula is C14H22N2O3. The van der Waals surface area contributed by atoms with Crippen LogP contribution in [0.4, 0.5) is 5.69 Å². The average Bonchev–Trinajstić information content (AvgIpc) is 2.37. The van der Waals surface area contributed by atoms with E-state index in [2.05, 4.69) is 5.32 Å². The van der Waals surface area contributed by atoms with Crippen LogP contribution in [0.2, 0.25) is 0 Å². The molecule has 0 aliphatic heterocycles. The zero-order chi connectivity index (χ0) is 14.5. The van der Waals surface area contributed by atoms with E-state index in [0.717, 1.165) is 6.42 Å². The molecule has 0 aromatic heterocycles. The van der Waals surface area contributed by atoms with E-state index in [1.165, 1.54) is 0 Å². The van der Waals surface area contributed by atoms with Gasteiger partial charge in [-0.3, -0.25) is 4.79 Å². The summed E-state index contributed by atoms with van der Waals surface area (Å²) >= 11 is 0. The number of amides is 1. The van der Waals surface area contributed by atoms with Gasteiger partial charge in [0.05, 0.1) is 12.8 Å². The van der Waals surface area contributed by atoms with E-state index in [1.807, 2.05) is 20.8 Å². The van der Waals surface area contributed by atoms with Gasteiger partial charge in [-0.2, -0.15) is 0 Å². The number of carbonyl (C=O) groups excluding carboxylic acids is 1. The molecule has 5 nitrogen and oxygen atoms in total. The van der Waals surface area contributed by atoms with Crippen molar-refractivity contribution in [3.63, 3.8) is 0 Å². The van der Waals surface area contributed by atoms with Gasteiger partial charge in [-0.25, -0.2) is 0 Å². The molecule has 0 heterocycles. The third-order valence-electron chi connectivity index (χ3n) is 2.94. The predicted octanol–water partition coefficient (Wildman–Crippen LogP) is 1.96. The number of ether oxygens (including phenoxy) is 2. The van der Waals surface area contributed by atoms with Crippen LogP contribution >= 0.6 is 0 Å². The van der Waals surface area contributed by atoms with Crippen molar-refractivity contribution < 1.29 is 14.3 Å². The molecule has 0 saturated carbocycles. The molecule has 19 heavy (non-hydrogen) atoms. The predicted molar refractivity (Wildman–Crippen MR) is 75.4 cm³/mol. The van der Waals surface area contributed by atoms with Crippen LogP contribution in [0.15, 0.2) is 18.2 Å². The fraction of sp³-hybridized carbons (Fsp3) is 0.500. The lowest BCUT2D eigenvalue weighted by atomic mass is 10.0. The van der Waals surface area contributed by atoms with Crippen molar-refractivity contribution in [3.05, 3.63) is 18.2 Å². The highest BCUT2D eigenvalue weighted by atomic mass is 16.5. The Hall–Kier alpha value is -1.91. The van der Waals surface area contributed by atoms with Crippen molar-refractivity contribution >= 4 is 11.6 Å². The summed E-state index contributed by atoms with van der Waals surface area (Å²) in [5, 5.41) is 2.89. The van der Waals surface area contributed by atoms with E-state index < -0.39 is 0 Å². The molecule has 0 unspecified atom stereocenters. The lowest BCUT2D eigenvalue weighted by Gasteiger charge is -2.24. The van der Waals surface area contributed by atoms with Crippen molar-refractivity contribution in [1.82, 2.24) is 5.32 Å². The van der Waals surface area contributed by atoms with Gasteiger partial charge in [-0.05, 0) is 32.4 Å². The smallest absolute Gasteiger partial charge is 0.258 e. The molecule has 0 radical (unpaired) electrons. The highest BCUT2D eigenvalue weighted by molar-refractivity contribution is 5.78. The van der Waals surface area contributed by atoms with Crippen molar-refractivity contribution in [2.45, 2.75) is 32.7 Å². The highest BCUT2D eigenvalue weighted by Gasteiger charge is 2.18. The summed E-state index contributed by atoms with van der Waals surface area (Å²) in [6.45, 7) is 5.87.